The Labute approximate surface area is 103 Å². The van der Waals surface area contributed by atoms with Crippen LogP contribution in [0.15, 0.2) is 18.2 Å². The van der Waals surface area contributed by atoms with Crippen molar-refractivity contribution >= 4 is 28.3 Å². The summed E-state index contributed by atoms with van der Waals surface area (Å²) in [6.45, 7) is 1.72. The minimum absolute atomic E-state index is 0.163. The molecular formula is C11H14INO2. The van der Waals surface area contributed by atoms with Crippen LogP contribution in [0, 0.1) is 8.98 Å². The molecule has 0 radical (unpaired) electrons. The van der Waals surface area contributed by atoms with E-state index in [9.17, 15) is 10.2 Å². The van der Waals surface area contributed by atoms with Crippen LogP contribution in [-0.2, 0) is 0 Å². The molecular weight excluding hydrogens is 309 g/mol. The maximum atomic E-state index is 9.86. The highest BCUT2D eigenvalue weighted by Gasteiger charge is 2.11. The van der Waals surface area contributed by atoms with E-state index in [2.05, 4.69) is 22.6 Å². The van der Waals surface area contributed by atoms with Crippen LogP contribution in [0.3, 0.4) is 0 Å². The van der Waals surface area contributed by atoms with Gasteiger partial charge in [-0.05, 0) is 66.1 Å². The van der Waals surface area contributed by atoms with Gasteiger partial charge in [-0.1, -0.05) is 0 Å². The molecule has 15 heavy (non-hydrogen) atoms. The van der Waals surface area contributed by atoms with Crippen molar-refractivity contribution in [1.29, 1.82) is 5.41 Å². The molecule has 0 saturated carbocycles. The first-order valence-electron chi connectivity index (χ1n) is 4.71. The number of hydrogen-bond donors (Lipinski definition) is 3. The molecule has 1 aromatic carbocycles. The molecule has 0 saturated heterocycles. The molecule has 1 atom stereocenters. The number of aromatic hydroxyl groups is 1. The zero-order valence-electron chi connectivity index (χ0n) is 8.50. The number of phenols is 1. The van der Waals surface area contributed by atoms with Crippen molar-refractivity contribution in [2.75, 3.05) is 0 Å². The molecule has 0 aliphatic carbocycles. The van der Waals surface area contributed by atoms with Gasteiger partial charge in [0.1, 0.15) is 5.75 Å². The molecule has 3 nitrogen and oxygen atoms in total. The van der Waals surface area contributed by atoms with Crippen LogP contribution < -0.4 is 0 Å². The lowest BCUT2D eigenvalue weighted by molar-refractivity contribution is 0.169. The maximum Gasteiger partial charge on any atom is 0.116 e. The average Bonchev–Trinajstić information content (AvgIpc) is 2.18. The van der Waals surface area contributed by atoms with Gasteiger partial charge in [0, 0.05) is 9.28 Å². The molecule has 0 aromatic heterocycles. The summed E-state index contributed by atoms with van der Waals surface area (Å²) < 4.78 is 0.931. The largest absolute Gasteiger partial charge is 0.508 e. The molecule has 0 aliphatic rings. The van der Waals surface area contributed by atoms with Crippen LogP contribution in [-0.4, -0.2) is 15.9 Å². The Morgan fingerprint density at radius 3 is 2.80 bits per heavy atom. The smallest absolute Gasteiger partial charge is 0.116 e. The van der Waals surface area contributed by atoms with Gasteiger partial charge < -0.3 is 15.6 Å². The minimum atomic E-state index is -0.607. The summed E-state index contributed by atoms with van der Waals surface area (Å²) in [5.41, 5.74) is 1.29. The summed E-state index contributed by atoms with van der Waals surface area (Å²) >= 11 is 2.12. The van der Waals surface area contributed by atoms with E-state index in [4.69, 9.17) is 5.41 Å². The molecule has 4 heteroatoms. The third-order valence-electron chi connectivity index (χ3n) is 2.13. The monoisotopic (exact) mass is 323 g/mol. The van der Waals surface area contributed by atoms with Gasteiger partial charge in [-0.15, -0.1) is 0 Å². The Balaban J connectivity index is 2.76. The summed E-state index contributed by atoms with van der Waals surface area (Å²) in [6, 6.07) is 4.94. The summed E-state index contributed by atoms with van der Waals surface area (Å²) in [6.07, 6.45) is 0.492. The van der Waals surface area contributed by atoms with Gasteiger partial charge >= 0.3 is 0 Å². The van der Waals surface area contributed by atoms with Crippen molar-refractivity contribution in [3.8, 4) is 5.75 Å². The minimum Gasteiger partial charge on any atom is -0.508 e. The zero-order chi connectivity index (χ0) is 11.4. The normalized spacial score (nSPS) is 12.5. The lowest BCUT2D eigenvalue weighted by atomic mass is 10.0. The van der Waals surface area contributed by atoms with Gasteiger partial charge in [0.2, 0.25) is 0 Å². The van der Waals surface area contributed by atoms with E-state index in [0.717, 1.165) is 9.13 Å². The molecule has 1 rings (SSSR count). The van der Waals surface area contributed by atoms with Gasteiger partial charge in [0.15, 0.2) is 0 Å². The first-order chi connectivity index (χ1) is 7.00. The lowest BCUT2D eigenvalue weighted by Crippen LogP contribution is -2.02. The molecule has 0 amide bonds. The molecule has 0 aliphatic heterocycles. The van der Waals surface area contributed by atoms with E-state index in [1.165, 1.54) is 0 Å². The van der Waals surface area contributed by atoms with E-state index >= 15 is 0 Å². The average molecular weight is 323 g/mol. The second-order valence-corrected chi connectivity index (χ2v) is 4.70. The van der Waals surface area contributed by atoms with E-state index in [0.29, 0.717) is 18.6 Å². The van der Waals surface area contributed by atoms with Crippen molar-refractivity contribution in [1.82, 2.24) is 0 Å². The van der Waals surface area contributed by atoms with Crippen LogP contribution in [0.25, 0.3) is 0 Å². The number of aliphatic hydroxyl groups excluding tert-OH is 1. The van der Waals surface area contributed by atoms with Crippen LogP contribution in [0.4, 0.5) is 0 Å². The van der Waals surface area contributed by atoms with Gasteiger partial charge in [-0.2, -0.15) is 0 Å². The molecule has 3 N–H and O–H groups in total. The van der Waals surface area contributed by atoms with Crippen molar-refractivity contribution in [2.45, 2.75) is 25.9 Å². The lowest BCUT2D eigenvalue weighted by Gasteiger charge is -2.12. The van der Waals surface area contributed by atoms with Crippen LogP contribution >= 0.6 is 22.6 Å². The number of halogens is 1. The highest BCUT2D eigenvalue weighted by Crippen LogP contribution is 2.27. The topological polar surface area (TPSA) is 64.3 Å². The quantitative estimate of drug-likeness (QED) is 0.589. The summed E-state index contributed by atoms with van der Waals surface area (Å²) in [5.74, 6) is 0.163. The zero-order valence-corrected chi connectivity index (χ0v) is 10.7. The van der Waals surface area contributed by atoms with Gasteiger partial charge in [-0.25, -0.2) is 0 Å². The third kappa shape index (κ3) is 3.79. The number of hydrogen-bond acceptors (Lipinski definition) is 3. The molecule has 0 bridgehead atoms. The fourth-order valence-corrected chi connectivity index (χ4v) is 1.99. The van der Waals surface area contributed by atoms with Gasteiger partial charge in [0.25, 0.3) is 0 Å². The van der Waals surface area contributed by atoms with Gasteiger partial charge in [0.05, 0.1) is 6.10 Å². The van der Waals surface area contributed by atoms with Gasteiger partial charge in [-0.3, -0.25) is 0 Å². The summed E-state index contributed by atoms with van der Waals surface area (Å²) in [7, 11) is 0. The Hall–Kier alpha value is -0.620. The van der Waals surface area contributed by atoms with Crippen molar-refractivity contribution in [2.24, 2.45) is 0 Å². The molecule has 1 aromatic rings. The third-order valence-corrected chi connectivity index (χ3v) is 3.11. The van der Waals surface area contributed by atoms with Crippen LogP contribution in [0.1, 0.15) is 31.4 Å². The fraction of sp³-hybridized carbons (Fsp3) is 0.364. The highest BCUT2D eigenvalue weighted by molar-refractivity contribution is 14.1. The number of benzene rings is 1. The predicted octanol–water partition coefficient (Wildman–Crippen LogP) is 2.85. The van der Waals surface area contributed by atoms with E-state index in [1.54, 1.807) is 25.1 Å². The van der Waals surface area contributed by atoms with Crippen molar-refractivity contribution < 1.29 is 10.2 Å². The Morgan fingerprint density at radius 2 is 2.20 bits per heavy atom. The van der Waals surface area contributed by atoms with E-state index in [1.807, 2.05) is 0 Å². The first-order valence-corrected chi connectivity index (χ1v) is 5.79. The Morgan fingerprint density at radius 1 is 1.53 bits per heavy atom. The number of phenolic OH excluding ortho intramolecular Hbond substituents is 1. The summed E-state index contributed by atoms with van der Waals surface area (Å²) in [4.78, 5) is 0. The first kappa shape index (κ1) is 12.4. The highest BCUT2D eigenvalue weighted by atomic mass is 131. The van der Waals surface area contributed by atoms with Crippen molar-refractivity contribution in [3.05, 3.63) is 27.3 Å². The van der Waals surface area contributed by atoms with E-state index < -0.39 is 6.10 Å². The SMILES string of the molecule is CC(=N)CC[C@H](O)c1cc(O)ccc1[131I]. The number of rotatable bonds is 4. The predicted molar refractivity (Wildman–Crippen MR) is 68.4 cm³/mol. The van der Waals surface area contributed by atoms with E-state index in [-0.39, 0.29) is 5.75 Å². The standard InChI is InChI=1S/C11H14INO2/c1-7(13)2-5-11(15)9-6-8(14)3-4-10(9)12/h3-4,6,11,13-15H,2,5H2,1H3/t11-/m0/s1/i12+4. The van der Waals surface area contributed by atoms with Crippen LogP contribution in [0.5, 0.6) is 5.75 Å². The molecule has 0 spiro atoms. The fourth-order valence-electron chi connectivity index (χ4n) is 1.30. The molecule has 0 unspecified atom stereocenters. The van der Waals surface area contributed by atoms with Crippen LogP contribution in [0.2, 0.25) is 0 Å². The Bertz CT molecular complexity index is 366. The Kier molecular flexibility index (Phi) is 4.53. The maximum absolute atomic E-state index is 9.86. The molecule has 82 valence electrons. The number of nitrogens with one attached hydrogen (secondary N) is 1. The molecule has 0 fully saturated rings. The number of aliphatic hydroxyl groups is 1. The van der Waals surface area contributed by atoms with Crippen molar-refractivity contribution in [3.63, 3.8) is 0 Å². The molecule has 0 heterocycles. The second kappa shape index (κ2) is 5.46. The summed E-state index contributed by atoms with van der Waals surface area (Å²) in [5, 5.41) is 26.5. The second-order valence-electron chi connectivity index (χ2n) is 3.54.